The molecular formula is C13H13F3N2O3. The standard InChI is InChI=1S/C13H13F3N2O3/c1-20-7-4-8-9-6-17-2-3-18(9)12(19)11(8)10(5-7)21-13(14,15)16/h4-5,9,17H,2-3,6H2,1H3/t9-/m0/s1. The number of amides is 1. The van der Waals surface area contributed by atoms with Crippen molar-refractivity contribution < 1.29 is 27.4 Å². The second kappa shape index (κ2) is 4.80. The number of carbonyl (C=O) groups is 1. The third-order valence-corrected chi connectivity index (χ3v) is 3.64. The van der Waals surface area contributed by atoms with E-state index in [1.165, 1.54) is 7.11 Å². The molecule has 1 amide bonds. The van der Waals surface area contributed by atoms with Crippen molar-refractivity contribution in [1.82, 2.24) is 10.2 Å². The molecule has 2 aliphatic rings. The molecule has 1 aromatic rings. The Bertz CT molecular complexity index is 589. The maximum Gasteiger partial charge on any atom is 0.573 e. The normalized spacial score (nSPS) is 21.0. The van der Waals surface area contributed by atoms with E-state index in [9.17, 15) is 18.0 Å². The van der Waals surface area contributed by atoms with E-state index in [0.29, 0.717) is 25.2 Å². The number of rotatable bonds is 2. The van der Waals surface area contributed by atoms with Crippen molar-refractivity contribution in [1.29, 1.82) is 0 Å². The van der Waals surface area contributed by atoms with Crippen molar-refractivity contribution >= 4 is 5.91 Å². The van der Waals surface area contributed by atoms with Crippen molar-refractivity contribution in [2.24, 2.45) is 0 Å². The predicted molar refractivity (Wildman–Crippen MR) is 66.3 cm³/mol. The van der Waals surface area contributed by atoms with Crippen LogP contribution in [0.5, 0.6) is 11.5 Å². The lowest BCUT2D eigenvalue weighted by Gasteiger charge is -2.30. The molecule has 8 heteroatoms. The number of benzene rings is 1. The fraction of sp³-hybridized carbons (Fsp3) is 0.462. The fourth-order valence-corrected chi connectivity index (χ4v) is 2.79. The second-order valence-electron chi connectivity index (χ2n) is 4.86. The molecule has 1 atom stereocenters. The van der Waals surface area contributed by atoms with Gasteiger partial charge in [-0.3, -0.25) is 4.79 Å². The SMILES string of the molecule is COc1cc(OC(F)(F)F)c2c(c1)[C@@H]1CNCCN1C2=O. The van der Waals surface area contributed by atoms with Crippen LogP contribution in [0.2, 0.25) is 0 Å². The van der Waals surface area contributed by atoms with Gasteiger partial charge >= 0.3 is 6.36 Å². The number of alkyl halides is 3. The molecule has 21 heavy (non-hydrogen) atoms. The summed E-state index contributed by atoms with van der Waals surface area (Å²) in [7, 11) is 1.35. The molecule has 0 bridgehead atoms. The fourth-order valence-electron chi connectivity index (χ4n) is 2.79. The summed E-state index contributed by atoms with van der Waals surface area (Å²) in [5.74, 6) is -0.706. The lowest BCUT2D eigenvalue weighted by molar-refractivity contribution is -0.274. The number of halogens is 3. The highest BCUT2D eigenvalue weighted by molar-refractivity contribution is 6.02. The largest absolute Gasteiger partial charge is 0.573 e. The van der Waals surface area contributed by atoms with Gasteiger partial charge in [-0.05, 0) is 11.6 Å². The van der Waals surface area contributed by atoms with E-state index in [4.69, 9.17) is 4.74 Å². The second-order valence-corrected chi connectivity index (χ2v) is 4.86. The highest BCUT2D eigenvalue weighted by Crippen LogP contribution is 2.43. The average molecular weight is 302 g/mol. The number of hydrogen-bond acceptors (Lipinski definition) is 4. The van der Waals surface area contributed by atoms with Crippen LogP contribution in [0.4, 0.5) is 13.2 Å². The summed E-state index contributed by atoms with van der Waals surface area (Å²) in [5.41, 5.74) is 0.479. The van der Waals surface area contributed by atoms with Gasteiger partial charge in [0, 0.05) is 25.7 Å². The summed E-state index contributed by atoms with van der Waals surface area (Å²) in [6.07, 6.45) is -4.86. The average Bonchev–Trinajstić information content (AvgIpc) is 2.71. The van der Waals surface area contributed by atoms with Crippen molar-refractivity contribution in [3.63, 3.8) is 0 Å². The summed E-state index contributed by atoms with van der Waals surface area (Å²) in [5, 5.41) is 3.13. The van der Waals surface area contributed by atoms with E-state index in [0.717, 1.165) is 6.07 Å². The van der Waals surface area contributed by atoms with Crippen molar-refractivity contribution in [3.8, 4) is 11.5 Å². The lowest BCUT2D eigenvalue weighted by atomic mass is 10.0. The van der Waals surface area contributed by atoms with E-state index >= 15 is 0 Å². The van der Waals surface area contributed by atoms with E-state index in [2.05, 4.69) is 10.1 Å². The molecule has 0 saturated carbocycles. The summed E-state index contributed by atoms with van der Waals surface area (Å²) in [6.45, 7) is 1.56. The summed E-state index contributed by atoms with van der Waals surface area (Å²) in [4.78, 5) is 13.9. The maximum absolute atomic E-state index is 12.5. The number of methoxy groups -OCH3 is 1. The Labute approximate surface area is 118 Å². The van der Waals surface area contributed by atoms with Crippen LogP contribution in [-0.2, 0) is 0 Å². The molecule has 0 aliphatic carbocycles. The number of hydrogen-bond donors (Lipinski definition) is 1. The van der Waals surface area contributed by atoms with Gasteiger partial charge in [0.05, 0.1) is 18.7 Å². The zero-order valence-corrected chi connectivity index (χ0v) is 11.2. The molecule has 2 aliphatic heterocycles. The molecule has 5 nitrogen and oxygen atoms in total. The van der Waals surface area contributed by atoms with Gasteiger partial charge in [-0.25, -0.2) is 0 Å². The van der Waals surface area contributed by atoms with Gasteiger partial charge in [0.15, 0.2) is 0 Å². The van der Waals surface area contributed by atoms with Crippen molar-refractivity contribution in [2.75, 3.05) is 26.7 Å². The molecule has 3 rings (SSSR count). The van der Waals surface area contributed by atoms with E-state index in [-0.39, 0.29) is 17.4 Å². The smallest absolute Gasteiger partial charge is 0.497 e. The van der Waals surface area contributed by atoms with E-state index < -0.39 is 18.0 Å². The number of fused-ring (bicyclic) bond motifs is 3. The molecule has 1 fully saturated rings. The van der Waals surface area contributed by atoms with Gasteiger partial charge in [-0.2, -0.15) is 0 Å². The van der Waals surface area contributed by atoms with Crippen LogP contribution in [0.1, 0.15) is 22.0 Å². The van der Waals surface area contributed by atoms with Gasteiger partial charge in [-0.1, -0.05) is 0 Å². The first-order valence-electron chi connectivity index (χ1n) is 6.40. The highest BCUT2D eigenvalue weighted by Gasteiger charge is 2.43. The Morgan fingerprint density at radius 1 is 1.38 bits per heavy atom. The number of nitrogens with zero attached hydrogens (tertiary/aromatic N) is 1. The Morgan fingerprint density at radius 3 is 2.81 bits per heavy atom. The van der Waals surface area contributed by atoms with Crippen LogP contribution in [0, 0.1) is 0 Å². The van der Waals surface area contributed by atoms with Crippen LogP contribution < -0.4 is 14.8 Å². The lowest BCUT2D eigenvalue weighted by Crippen LogP contribution is -2.44. The Morgan fingerprint density at radius 2 is 2.14 bits per heavy atom. The Balaban J connectivity index is 2.11. The van der Waals surface area contributed by atoms with Crippen LogP contribution in [-0.4, -0.2) is 43.9 Å². The number of piperazine rings is 1. The predicted octanol–water partition coefficient (Wildman–Crippen LogP) is 1.69. The quantitative estimate of drug-likeness (QED) is 0.903. The van der Waals surface area contributed by atoms with Gasteiger partial charge in [0.2, 0.25) is 0 Å². The molecule has 1 N–H and O–H groups in total. The van der Waals surface area contributed by atoms with Gasteiger partial charge in [0.1, 0.15) is 11.5 Å². The zero-order valence-electron chi connectivity index (χ0n) is 11.2. The highest BCUT2D eigenvalue weighted by atomic mass is 19.4. The van der Waals surface area contributed by atoms with Crippen molar-refractivity contribution in [3.05, 3.63) is 23.3 Å². The van der Waals surface area contributed by atoms with Crippen LogP contribution in [0.15, 0.2) is 12.1 Å². The molecule has 114 valence electrons. The van der Waals surface area contributed by atoms with Crippen LogP contribution >= 0.6 is 0 Å². The monoisotopic (exact) mass is 302 g/mol. The summed E-state index contributed by atoms with van der Waals surface area (Å²) >= 11 is 0. The number of carbonyl (C=O) groups excluding carboxylic acids is 1. The first-order chi connectivity index (χ1) is 9.90. The van der Waals surface area contributed by atoms with E-state index in [1.54, 1.807) is 11.0 Å². The zero-order chi connectivity index (χ0) is 15.2. The minimum atomic E-state index is -4.86. The first-order valence-corrected chi connectivity index (χ1v) is 6.40. The topological polar surface area (TPSA) is 50.8 Å². The van der Waals surface area contributed by atoms with Crippen molar-refractivity contribution in [2.45, 2.75) is 12.4 Å². The Hall–Kier alpha value is -1.96. The molecule has 2 heterocycles. The summed E-state index contributed by atoms with van der Waals surface area (Å²) in [6, 6.07) is 2.40. The minimum absolute atomic E-state index is 0.0261. The molecule has 0 spiro atoms. The molecule has 0 aromatic heterocycles. The third-order valence-electron chi connectivity index (χ3n) is 3.64. The minimum Gasteiger partial charge on any atom is -0.497 e. The van der Waals surface area contributed by atoms with Gasteiger partial charge in [-0.15, -0.1) is 13.2 Å². The van der Waals surface area contributed by atoms with Crippen LogP contribution in [0.25, 0.3) is 0 Å². The van der Waals surface area contributed by atoms with Gasteiger partial charge < -0.3 is 19.7 Å². The molecule has 0 radical (unpaired) electrons. The third kappa shape index (κ3) is 2.39. The Kier molecular flexibility index (Phi) is 3.20. The van der Waals surface area contributed by atoms with E-state index in [1.807, 2.05) is 0 Å². The summed E-state index contributed by atoms with van der Waals surface area (Å²) < 4.78 is 46.7. The molecule has 1 aromatic carbocycles. The number of nitrogens with one attached hydrogen (secondary N) is 1. The molecular weight excluding hydrogens is 289 g/mol. The first kappa shape index (κ1) is 14.0. The molecule has 1 saturated heterocycles. The maximum atomic E-state index is 12.5. The van der Waals surface area contributed by atoms with Gasteiger partial charge in [0.25, 0.3) is 5.91 Å². The number of ether oxygens (including phenoxy) is 2. The molecule has 0 unspecified atom stereocenters. The van der Waals surface area contributed by atoms with Crippen LogP contribution in [0.3, 0.4) is 0 Å².